The van der Waals surface area contributed by atoms with E-state index in [1.54, 1.807) is 24.3 Å². The third kappa shape index (κ3) is 2.40. The van der Waals surface area contributed by atoms with E-state index in [0.29, 0.717) is 11.4 Å². The van der Waals surface area contributed by atoms with Gasteiger partial charge in [-0.2, -0.15) is 6.08 Å². The van der Waals surface area contributed by atoms with Gasteiger partial charge in [-0.1, -0.05) is 11.6 Å². The van der Waals surface area contributed by atoms with Crippen LogP contribution in [0.25, 0.3) is 0 Å². The van der Waals surface area contributed by atoms with Crippen LogP contribution < -0.4 is 0 Å². The Morgan fingerprint density at radius 3 is 2.69 bits per heavy atom. The highest BCUT2D eigenvalue weighted by atomic mass is 16.4. The Bertz CT molecular complexity index is 321. The topological polar surface area (TPSA) is 48.6 Å². The van der Waals surface area contributed by atoms with Crippen molar-refractivity contribution in [1.29, 1.82) is 0 Å². The molecule has 3 heteroatoms. The van der Waals surface area contributed by atoms with E-state index in [9.17, 15) is 4.79 Å². The Hall–Kier alpha value is -1.64. The van der Waals surface area contributed by atoms with E-state index in [0.717, 1.165) is 0 Å². The smallest absolute Gasteiger partial charge is 0.403 e. The zero-order chi connectivity index (χ0) is 9.84. The first kappa shape index (κ1) is 9.45. The minimum atomic E-state index is -1.01. The molecule has 0 amide bonds. The summed E-state index contributed by atoms with van der Waals surface area (Å²) < 4.78 is 5.08. The Labute approximate surface area is 76.4 Å². The molecule has 0 aromatic rings. The number of aliphatic carboxylic acids is 1. The fourth-order valence-corrected chi connectivity index (χ4v) is 0.829. The summed E-state index contributed by atoms with van der Waals surface area (Å²) in [5.74, 6) is -0.611. The maximum Gasteiger partial charge on any atom is 0.403 e. The molecular formula is C10H10O3. The Balaban J connectivity index is 2.82. The summed E-state index contributed by atoms with van der Waals surface area (Å²) in [5.41, 5.74) is 0.440. The fourth-order valence-electron chi connectivity index (χ4n) is 0.829. The van der Waals surface area contributed by atoms with Gasteiger partial charge in [0.25, 0.3) is 0 Å². The van der Waals surface area contributed by atoms with Gasteiger partial charge >= 0.3 is 12.1 Å². The standard InChI is InChI=1S/C10H10O3/c1-7-5-3-4-6-9(7)13-8(2)10(11)12/h1,3-6,8H,2H3,(H,11,12)/t8-/m0/s1. The van der Waals surface area contributed by atoms with Crippen molar-refractivity contribution in [3.05, 3.63) is 36.5 Å². The predicted molar refractivity (Wildman–Crippen MR) is 48.2 cm³/mol. The van der Waals surface area contributed by atoms with Crippen molar-refractivity contribution in [2.75, 3.05) is 0 Å². The molecule has 1 atom stereocenters. The van der Waals surface area contributed by atoms with Gasteiger partial charge in [-0.3, -0.25) is 4.42 Å². The molecule has 0 unspecified atom stereocenters. The maximum absolute atomic E-state index is 10.4. The summed E-state index contributed by atoms with van der Waals surface area (Å²) >= 11 is 0. The van der Waals surface area contributed by atoms with Crippen LogP contribution in [0, 0.1) is 6.58 Å². The average molecular weight is 178 g/mol. The summed E-state index contributed by atoms with van der Waals surface area (Å²) in [6.45, 7) is 7.00. The number of carbonyl (C=O) groups excluding carboxylic acids is 1. The molecule has 1 rings (SSSR count). The first-order chi connectivity index (χ1) is 6.11. The van der Waals surface area contributed by atoms with Crippen LogP contribution in [-0.4, -0.2) is 23.0 Å². The van der Waals surface area contributed by atoms with E-state index in [1.165, 1.54) is 6.92 Å². The molecule has 68 valence electrons. The summed E-state index contributed by atoms with van der Waals surface area (Å²) in [7, 11) is 0. The van der Waals surface area contributed by atoms with Gasteiger partial charge in [-0.05, 0) is 6.08 Å². The lowest BCUT2D eigenvalue weighted by atomic mass is 10.1. The zero-order valence-corrected chi connectivity index (χ0v) is 7.23. The molecule has 0 bridgehead atoms. The van der Waals surface area contributed by atoms with Crippen LogP contribution in [0.4, 0.5) is 0 Å². The SMILES string of the molecule is [CH-]=C1C=CC=CC1=[O+][C@@H](C)C(=O)O. The molecule has 0 aliphatic heterocycles. The van der Waals surface area contributed by atoms with Crippen molar-refractivity contribution >= 4 is 11.8 Å². The molecule has 1 aliphatic rings. The minimum Gasteiger partial charge on any atom is -0.474 e. The highest BCUT2D eigenvalue weighted by Crippen LogP contribution is 2.04. The van der Waals surface area contributed by atoms with Gasteiger partial charge in [0.1, 0.15) is 0 Å². The van der Waals surface area contributed by atoms with E-state index in [2.05, 4.69) is 0 Å². The number of carboxylic acids is 1. The van der Waals surface area contributed by atoms with E-state index >= 15 is 0 Å². The molecule has 0 saturated carbocycles. The largest absolute Gasteiger partial charge is 0.474 e. The van der Waals surface area contributed by atoms with Crippen LogP contribution in [0.3, 0.4) is 0 Å². The number of carboxylic acid groups (broad SMARTS) is 1. The summed E-state index contributed by atoms with van der Waals surface area (Å²) in [5, 5.41) is 8.57. The van der Waals surface area contributed by atoms with Gasteiger partial charge in [0, 0.05) is 6.92 Å². The lowest BCUT2D eigenvalue weighted by molar-refractivity contribution is -0.484. The molecule has 0 heterocycles. The number of rotatable bonds is 2. The second-order valence-electron chi connectivity index (χ2n) is 2.64. The van der Waals surface area contributed by atoms with Gasteiger partial charge in [0.05, 0.1) is 0 Å². The van der Waals surface area contributed by atoms with Crippen molar-refractivity contribution in [2.24, 2.45) is 0 Å². The molecule has 0 radical (unpaired) electrons. The maximum atomic E-state index is 10.4. The van der Waals surface area contributed by atoms with Crippen molar-refractivity contribution in [3.8, 4) is 0 Å². The van der Waals surface area contributed by atoms with E-state index in [1.807, 2.05) is 0 Å². The van der Waals surface area contributed by atoms with Crippen molar-refractivity contribution in [3.63, 3.8) is 0 Å². The second-order valence-corrected chi connectivity index (χ2v) is 2.64. The first-order valence-electron chi connectivity index (χ1n) is 3.85. The number of hydrogen-bond acceptors (Lipinski definition) is 1. The quantitative estimate of drug-likeness (QED) is 0.390. The number of allylic oxidation sites excluding steroid dienone is 5. The normalized spacial score (nSPS) is 20.7. The Kier molecular flexibility index (Phi) is 2.80. The van der Waals surface area contributed by atoms with Crippen molar-refractivity contribution in [2.45, 2.75) is 13.0 Å². The molecule has 0 saturated heterocycles. The van der Waals surface area contributed by atoms with Crippen LogP contribution in [-0.2, 0) is 9.22 Å². The van der Waals surface area contributed by atoms with E-state index in [-0.39, 0.29) is 0 Å². The van der Waals surface area contributed by atoms with Crippen LogP contribution in [0.15, 0.2) is 29.9 Å². The summed E-state index contributed by atoms with van der Waals surface area (Å²) in [6, 6.07) is 0. The molecule has 0 aromatic carbocycles. The third-order valence-electron chi connectivity index (χ3n) is 1.57. The van der Waals surface area contributed by atoms with E-state index in [4.69, 9.17) is 16.1 Å². The van der Waals surface area contributed by atoms with Gasteiger partial charge in [0.2, 0.25) is 5.78 Å². The van der Waals surface area contributed by atoms with Gasteiger partial charge in [0.15, 0.2) is 0 Å². The highest BCUT2D eigenvalue weighted by Gasteiger charge is 2.19. The molecule has 13 heavy (non-hydrogen) atoms. The molecule has 0 aromatic heterocycles. The minimum absolute atomic E-state index is 0.400. The van der Waals surface area contributed by atoms with Gasteiger partial charge in [-0.15, -0.1) is 6.08 Å². The molecule has 1 aliphatic carbocycles. The lowest BCUT2D eigenvalue weighted by Crippen LogP contribution is -2.20. The monoisotopic (exact) mass is 178 g/mol. The first-order valence-corrected chi connectivity index (χ1v) is 3.85. The number of carbonyl (C=O) groups is 1. The highest BCUT2D eigenvalue weighted by molar-refractivity contribution is 6.07. The number of ketones is 1. The van der Waals surface area contributed by atoms with Crippen LogP contribution >= 0.6 is 0 Å². The van der Waals surface area contributed by atoms with Crippen LogP contribution in [0.5, 0.6) is 0 Å². The third-order valence-corrected chi connectivity index (χ3v) is 1.57. The van der Waals surface area contributed by atoms with Gasteiger partial charge in [-0.25, -0.2) is 11.4 Å². The zero-order valence-electron chi connectivity index (χ0n) is 7.23. The summed E-state index contributed by atoms with van der Waals surface area (Å²) in [6.07, 6.45) is 5.90. The fraction of sp³-hybridized carbons (Fsp3) is 0.200. The average Bonchev–Trinajstić information content (AvgIpc) is 2.08. The molecular weight excluding hydrogens is 168 g/mol. The summed E-state index contributed by atoms with van der Waals surface area (Å²) in [4.78, 5) is 10.4. The van der Waals surface area contributed by atoms with Crippen molar-refractivity contribution in [1.82, 2.24) is 0 Å². The number of hydrogen-bond donors (Lipinski definition) is 1. The lowest BCUT2D eigenvalue weighted by Gasteiger charge is -2.04. The van der Waals surface area contributed by atoms with E-state index < -0.39 is 12.1 Å². The van der Waals surface area contributed by atoms with Gasteiger partial charge < -0.3 is 5.11 Å². The molecule has 1 N–H and O–H groups in total. The molecule has 3 nitrogen and oxygen atoms in total. The van der Waals surface area contributed by atoms with Crippen LogP contribution in [0.2, 0.25) is 0 Å². The molecule has 0 fully saturated rings. The molecule has 0 spiro atoms. The van der Waals surface area contributed by atoms with Crippen molar-refractivity contribution < 1.29 is 14.3 Å². The van der Waals surface area contributed by atoms with Crippen LogP contribution in [0.1, 0.15) is 6.92 Å². The Morgan fingerprint density at radius 2 is 2.15 bits per heavy atom. The predicted octanol–water partition coefficient (Wildman–Crippen LogP) is 1.05. The Morgan fingerprint density at radius 1 is 1.54 bits per heavy atom. The second kappa shape index (κ2) is 3.85.